The van der Waals surface area contributed by atoms with Gasteiger partial charge in [-0.25, -0.2) is 0 Å². The minimum atomic E-state index is -0.324. The fourth-order valence-electron chi connectivity index (χ4n) is 4.21. The molecular weight excluding hydrogens is 372 g/mol. The molecule has 0 saturated heterocycles. The van der Waals surface area contributed by atoms with Crippen molar-refractivity contribution in [1.82, 2.24) is 5.32 Å². The van der Waals surface area contributed by atoms with Crippen LogP contribution in [0.2, 0.25) is 0 Å². The molecule has 158 valence electrons. The van der Waals surface area contributed by atoms with Crippen LogP contribution in [0, 0.1) is 6.92 Å². The van der Waals surface area contributed by atoms with Crippen molar-refractivity contribution in [3.63, 3.8) is 0 Å². The quantitative estimate of drug-likeness (QED) is 0.286. The fourth-order valence-corrected chi connectivity index (χ4v) is 4.21. The molecule has 0 heterocycles. The molecule has 1 aliphatic rings. The minimum Gasteiger partial charge on any atom is -0.394 e. The zero-order valence-electron chi connectivity index (χ0n) is 17.8. The second-order valence-electron chi connectivity index (χ2n) is 8.20. The number of benzene rings is 2. The number of nitrogens with one attached hydrogen (secondary N) is 1. The highest BCUT2D eigenvalue weighted by Crippen LogP contribution is 2.31. The van der Waals surface area contributed by atoms with E-state index in [9.17, 15) is 9.59 Å². The largest absolute Gasteiger partial charge is 0.394 e. The van der Waals surface area contributed by atoms with Crippen molar-refractivity contribution in [3.8, 4) is 0 Å². The lowest BCUT2D eigenvalue weighted by molar-refractivity contribution is -0.105. The molecule has 1 fully saturated rings. The van der Waals surface area contributed by atoms with Gasteiger partial charge >= 0.3 is 0 Å². The summed E-state index contributed by atoms with van der Waals surface area (Å²) in [4.78, 5) is 24.1. The maximum atomic E-state index is 12.6. The van der Waals surface area contributed by atoms with Gasteiger partial charge in [0.2, 0.25) is 5.78 Å². The molecule has 3 rings (SSSR count). The van der Waals surface area contributed by atoms with Crippen LogP contribution < -0.4 is 11.1 Å². The van der Waals surface area contributed by atoms with Gasteiger partial charge in [-0.1, -0.05) is 74.2 Å². The first-order valence-corrected chi connectivity index (χ1v) is 11.0. The van der Waals surface area contributed by atoms with E-state index in [0.29, 0.717) is 24.3 Å². The van der Waals surface area contributed by atoms with Crippen LogP contribution >= 0.6 is 0 Å². The summed E-state index contributed by atoms with van der Waals surface area (Å²) in [6.45, 7) is 2.39. The Morgan fingerprint density at radius 3 is 2.33 bits per heavy atom. The summed E-state index contributed by atoms with van der Waals surface area (Å²) in [5, 5.41) is 3.04. The van der Waals surface area contributed by atoms with E-state index < -0.39 is 0 Å². The van der Waals surface area contributed by atoms with Gasteiger partial charge in [0, 0.05) is 12.1 Å². The number of aryl methyl sites for hydroxylation is 1. The summed E-state index contributed by atoms with van der Waals surface area (Å²) in [7, 11) is 0. The predicted octanol–water partition coefficient (Wildman–Crippen LogP) is 4.82. The first-order valence-electron chi connectivity index (χ1n) is 11.0. The average Bonchev–Trinajstić information content (AvgIpc) is 3.06. The summed E-state index contributed by atoms with van der Waals surface area (Å²) in [6, 6.07) is 16.1. The van der Waals surface area contributed by atoms with Crippen LogP contribution in [-0.4, -0.2) is 18.6 Å². The molecule has 0 bridgehead atoms. The smallest absolute Gasteiger partial charge is 0.211 e. The molecule has 0 atom stereocenters. The summed E-state index contributed by atoms with van der Waals surface area (Å²) in [5.41, 5.74) is 10.1. The number of nitrogens with two attached hydrogens (primary N) is 1. The standard InChI is InChI=1S/C26H32N2O2/c1-19-8-6-7-11-23(19)26(30)25(27)24(18-29)28-17-16-20-12-14-22(15-13-20)21-9-4-2-3-5-10-21/h6-8,11-15,18,21,28H,2-5,9-10,16-17,27H2,1H3/b25-24-. The van der Waals surface area contributed by atoms with Crippen molar-refractivity contribution >= 4 is 12.1 Å². The number of aldehydes is 1. The molecule has 3 N–H and O–H groups in total. The van der Waals surface area contributed by atoms with Crippen LogP contribution in [0.15, 0.2) is 59.9 Å². The van der Waals surface area contributed by atoms with Crippen LogP contribution in [-0.2, 0) is 11.2 Å². The molecule has 0 aromatic heterocycles. The lowest BCUT2D eigenvalue weighted by Gasteiger charge is -2.15. The number of allylic oxidation sites excluding steroid dienone is 2. The van der Waals surface area contributed by atoms with Gasteiger partial charge in [0.05, 0.1) is 0 Å². The Morgan fingerprint density at radius 1 is 1.03 bits per heavy atom. The first kappa shape index (κ1) is 21.8. The molecule has 1 saturated carbocycles. The van der Waals surface area contributed by atoms with Gasteiger partial charge < -0.3 is 11.1 Å². The fraction of sp³-hybridized carbons (Fsp3) is 0.385. The highest BCUT2D eigenvalue weighted by Gasteiger charge is 2.16. The molecule has 0 radical (unpaired) electrons. The van der Waals surface area contributed by atoms with E-state index >= 15 is 0 Å². The van der Waals surface area contributed by atoms with E-state index in [1.165, 1.54) is 49.7 Å². The van der Waals surface area contributed by atoms with E-state index in [0.717, 1.165) is 12.0 Å². The summed E-state index contributed by atoms with van der Waals surface area (Å²) in [5.74, 6) is 0.368. The van der Waals surface area contributed by atoms with Gasteiger partial charge in [0.1, 0.15) is 11.4 Å². The molecular formula is C26H32N2O2. The zero-order chi connectivity index (χ0) is 21.3. The van der Waals surface area contributed by atoms with Gasteiger partial charge in [-0.05, 0) is 48.8 Å². The number of carbonyl (C=O) groups is 2. The van der Waals surface area contributed by atoms with Gasteiger partial charge in [-0.3, -0.25) is 9.59 Å². The second-order valence-corrected chi connectivity index (χ2v) is 8.20. The number of Topliss-reactive ketones (excluding diaryl/α,β-unsaturated/α-hetero) is 1. The van der Waals surface area contributed by atoms with Gasteiger partial charge in [0.25, 0.3) is 0 Å². The van der Waals surface area contributed by atoms with E-state index in [-0.39, 0.29) is 17.2 Å². The number of hydrogen-bond acceptors (Lipinski definition) is 4. The molecule has 2 aromatic rings. The number of hydrogen-bond donors (Lipinski definition) is 2. The molecule has 4 heteroatoms. The van der Waals surface area contributed by atoms with E-state index in [1.54, 1.807) is 12.1 Å². The lowest BCUT2D eigenvalue weighted by Crippen LogP contribution is -2.26. The Hall–Kier alpha value is -2.88. The molecule has 1 aliphatic carbocycles. The molecule has 0 amide bonds. The van der Waals surface area contributed by atoms with Gasteiger partial charge in [0.15, 0.2) is 6.29 Å². The summed E-state index contributed by atoms with van der Waals surface area (Å²) >= 11 is 0. The van der Waals surface area contributed by atoms with Gasteiger partial charge in [-0.15, -0.1) is 0 Å². The van der Waals surface area contributed by atoms with Crippen LogP contribution in [0.25, 0.3) is 0 Å². The average molecular weight is 405 g/mol. The molecule has 0 unspecified atom stereocenters. The Bertz CT molecular complexity index is 892. The van der Waals surface area contributed by atoms with E-state index in [4.69, 9.17) is 5.73 Å². The summed E-state index contributed by atoms with van der Waals surface area (Å²) in [6.07, 6.45) is 9.37. The molecule has 0 spiro atoms. The van der Waals surface area contributed by atoms with Crippen LogP contribution in [0.5, 0.6) is 0 Å². The van der Waals surface area contributed by atoms with Crippen molar-refractivity contribution in [1.29, 1.82) is 0 Å². The third-order valence-corrected chi connectivity index (χ3v) is 6.08. The molecule has 2 aromatic carbocycles. The Kier molecular flexibility index (Phi) is 7.83. The predicted molar refractivity (Wildman–Crippen MR) is 121 cm³/mol. The zero-order valence-corrected chi connectivity index (χ0v) is 17.8. The summed E-state index contributed by atoms with van der Waals surface area (Å²) < 4.78 is 0. The second kappa shape index (κ2) is 10.8. The van der Waals surface area contributed by atoms with Crippen molar-refractivity contribution in [2.24, 2.45) is 5.73 Å². The first-order chi connectivity index (χ1) is 14.6. The number of rotatable bonds is 8. The van der Waals surface area contributed by atoms with Crippen molar-refractivity contribution in [3.05, 3.63) is 82.2 Å². The van der Waals surface area contributed by atoms with Crippen molar-refractivity contribution < 1.29 is 9.59 Å². The topological polar surface area (TPSA) is 72.2 Å². The lowest BCUT2D eigenvalue weighted by atomic mass is 9.91. The van der Waals surface area contributed by atoms with E-state index in [2.05, 4.69) is 29.6 Å². The SMILES string of the molecule is Cc1ccccc1C(=O)/C(N)=C(\C=O)NCCc1ccc(C2CCCCCC2)cc1. The van der Waals surface area contributed by atoms with Crippen molar-refractivity contribution in [2.45, 2.75) is 57.8 Å². The Morgan fingerprint density at radius 2 is 1.70 bits per heavy atom. The molecule has 4 nitrogen and oxygen atoms in total. The van der Waals surface area contributed by atoms with Gasteiger partial charge in [-0.2, -0.15) is 0 Å². The van der Waals surface area contributed by atoms with Crippen LogP contribution in [0.3, 0.4) is 0 Å². The Balaban J connectivity index is 1.58. The normalized spacial score (nSPS) is 15.8. The number of carbonyl (C=O) groups excluding carboxylic acids is 2. The molecule has 0 aliphatic heterocycles. The third kappa shape index (κ3) is 5.59. The minimum absolute atomic E-state index is 0.0389. The highest BCUT2D eigenvalue weighted by atomic mass is 16.1. The Labute approximate surface area is 179 Å². The van der Waals surface area contributed by atoms with Crippen LogP contribution in [0.4, 0.5) is 0 Å². The monoisotopic (exact) mass is 404 g/mol. The van der Waals surface area contributed by atoms with Crippen LogP contribution in [0.1, 0.15) is 71.5 Å². The number of ketones is 1. The maximum absolute atomic E-state index is 12.6. The maximum Gasteiger partial charge on any atom is 0.211 e. The highest BCUT2D eigenvalue weighted by molar-refractivity contribution is 6.11. The van der Waals surface area contributed by atoms with E-state index in [1.807, 2.05) is 19.1 Å². The molecule has 30 heavy (non-hydrogen) atoms. The van der Waals surface area contributed by atoms with Crippen molar-refractivity contribution in [2.75, 3.05) is 6.54 Å². The third-order valence-electron chi connectivity index (χ3n) is 6.08.